The molecule has 1 unspecified atom stereocenters. The maximum absolute atomic E-state index is 12.7. The summed E-state index contributed by atoms with van der Waals surface area (Å²) < 4.78 is 5.28. The molecule has 8 heteroatoms. The lowest BCUT2D eigenvalue weighted by molar-refractivity contribution is -0.139. The summed E-state index contributed by atoms with van der Waals surface area (Å²) in [6.07, 6.45) is 5.60. The lowest BCUT2D eigenvalue weighted by Gasteiger charge is -2.35. The van der Waals surface area contributed by atoms with Crippen molar-refractivity contribution in [1.82, 2.24) is 15.5 Å². The molecule has 2 aliphatic rings. The third-order valence-electron chi connectivity index (χ3n) is 5.67. The summed E-state index contributed by atoms with van der Waals surface area (Å²) in [5.74, 6) is -0.379. The van der Waals surface area contributed by atoms with Gasteiger partial charge in [-0.1, -0.05) is 31.4 Å². The van der Waals surface area contributed by atoms with Crippen LogP contribution in [0.25, 0.3) is 0 Å². The third-order valence-corrected chi connectivity index (χ3v) is 6.06. The predicted octanol–water partition coefficient (Wildman–Crippen LogP) is 3.84. The number of esters is 1. The standard InChI is InChI=1S/C22H30N4O3S/c1-4-29-20(27)18-14(2)26(3)22(30)25-19(18)15-9-8-12-17(13-15)24-21(28)23-16-10-6-5-7-11-16/h8-9,12-13,16,19H,4-7,10-11H2,1-3H3,(H,25,30)(H2,23,24,28). The van der Waals surface area contributed by atoms with E-state index in [-0.39, 0.29) is 18.0 Å². The van der Waals surface area contributed by atoms with Crippen LogP contribution in [0.4, 0.5) is 10.5 Å². The SMILES string of the molecule is CCOC(=O)C1=C(C)N(C)C(=S)NC1c1cccc(NC(=O)NC2CCCCC2)c1. The Kier molecular flexibility index (Phi) is 7.31. The van der Waals surface area contributed by atoms with Gasteiger partial charge < -0.3 is 25.6 Å². The van der Waals surface area contributed by atoms with Gasteiger partial charge in [-0.05, 0) is 56.6 Å². The van der Waals surface area contributed by atoms with Gasteiger partial charge in [-0.2, -0.15) is 0 Å². The fourth-order valence-electron chi connectivity index (χ4n) is 3.95. The fourth-order valence-corrected chi connectivity index (χ4v) is 4.21. The van der Waals surface area contributed by atoms with Gasteiger partial charge in [0, 0.05) is 24.5 Å². The zero-order valence-corrected chi connectivity index (χ0v) is 18.6. The Balaban J connectivity index is 1.79. The molecule has 0 radical (unpaired) electrons. The van der Waals surface area contributed by atoms with Gasteiger partial charge in [0.1, 0.15) is 0 Å². The molecule has 0 saturated heterocycles. The minimum absolute atomic E-state index is 0.205. The smallest absolute Gasteiger partial charge is 0.338 e. The monoisotopic (exact) mass is 430 g/mol. The van der Waals surface area contributed by atoms with E-state index in [0.29, 0.717) is 23.0 Å². The number of benzene rings is 1. The van der Waals surface area contributed by atoms with Gasteiger partial charge in [0.15, 0.2) is 5.11 Å². The van der Waals surface area contributed by atoms with E-state index in [4.69, 9.17) is 17.0 Å². The quantitative estimate of drug-likeness (QED) is 0.486. The van der Waals surface area contributed by atoms with Crippen molar-refractivity contribution in [3.8, 4) is 0 Å². The summed E-state index contributed by atoms with van der Waals surface area (Å²) in [5.41, 5.74) is 2.74. The van der Waals surface area contributed by atoms with Crippen LogP contribution in [0.15, 0.2) is 35.5 Å². The van der Waals surface area contributed by atoms with Gasteiger partial charge in [0.25, 0.3) is 0 Å². The Morgan fingerprint density at radius 2 is 2.00 bits per heavy atom. The second kappa shape index (κ2) is 9.93. The first-order chi connectivity index (χ1) is 14.4. The Morgan fingerprint density at radius 1 is 1.27 bits per heavy atom. The average Bonchev–Trinajstić information content (AvgIpc) is 2.72. The van der Waals surface area contributed by atoms with Crippen LogP contribution in [0.2, 0.25) is 0 Å². The van der Waals surface area contributed by atoms with E-state index >= 15 is 0 Å². The molecule has 1 aliphatic heterocycles. The Labute approximate surface area is 183 Å². The Morgan fingerprint density at radius 3 is 2.70 bits per heavy atom. The van der Waals surface area contributed by atoms with Crippen molar-refractivity contribution in [3.63, 3.8) is 0 Å². The number of allylic oxidation sites excluding steroid dienone is 1. The summed E-state index contributed by atoms with van der Waals surface area (Å²) in [5, 5.41) is 9.71. The molecule has 1 heterocycles. The van der Waals surface area contributed by atoms with Crippen molar-refractivity contribution in [2.75, 3.05) is 19.0 Å². The molecule has 0 bridgehead atoms. The first-order valence-corrected chi connectivity index (χ1v) is 10.9. The zero-order valence-electron chi connectivity index (χ0n) is 17.8. The number of nitrogens with one attached hydrogen (secondary N) is 3. The molecule has 1 saturated carbocycles. The van der Waals surface area contributed by atoms with Gasteiger partial charge in [0.05, 0.1) is 18.2 Å². The molecular weight excluding hydrogens is 400 g/mol. The molecule has 162 valence electrons. The second-order valence-electron chi connectivity index (χ2n) is 7.72. The molecule has 2 amide bonds. The average molecular weight is 431 g/mol. The summed E-state index contributed by atoms with van der Waals surface area (Å²) in [6.45, 7) is 3.93. The molecule has 0 aromatic heterocycles. The van der Waals surface area contributed by atoms with Gasteiger partial charge in [-0.3, -0.25) is 0 Å². The van der Waals surface area contributed by atoms with Gasteiger partial charge in [-0.25, -0.2) is 9.59 Å². The summed E-state index contributed by atoms with van der Waals surface area (Å²) >= 11 is 5.43. The van der Waals surface area contributed by atoms with E-state index < -0.39 is 6.04 Å². The van der Waals surface area contributed by atoms with Crippen molar-refractivity contribution < 1.29 is 14.3 Å². The lowest BCUT2D eigenvalue weighted by Crippen LogP contribution is -2.46. The summed E-state index contributed by atoms with van der Waals surface area (Å²) in [4.78, 5) is 26.8. The van der Waals surface area contributed by atoms with E-state index in [1.54, 1.807) is 11.8 Å². The van der Waals surface area contributed by atoms with E-state index in [1.807, 2.05) is 38.2 Å². The molecule has 1 atom stereocenters. The molecule has 0 spiro atoms. The molecule has 30 heavy (non-hydrogen) atoms. The molecule has 7 nitrogen and oxygen atoms in total. The number of carbonyl (C=O) groups is 2. The van der Waals surface area contributed by atoms with Crippen molar-refractivity contribution in [1.29, 1.82) is 0 Å². The van der Waals surface area contributed by atoms with Crippen LogP contribution in [-0.2, 0) is 9.53 Å². The number of ether oxygens (including phenoxy) is 1. The maximum atomic E-state index is 12.7. The van der Waals surface area contributed by atoms with Crippen LogP contribution >= 0.6 is 12.2 Å². The van der Waals surface area contributed by atoms with E-state index in [1.165, 1.54) is 6.42 Å². The van der Waals surface area contributed by atoms with Gasteiger partial charge >= 0.3 is 12.0 Å². The highest BCUT2D eigenvalue weighted by molar-refractivity contribution is 7.80. The van der Waals surface area contributed by atoms with Crippen LogP contribution < -0.4 is 16.0 Å². The number of amides is 2. The Bertz CT molecular complexity index is 849. The number of anilines is 1. The predicted molar refractivity (Wildman–Crippen MR) is 121 cm³/mol. The maximum Gasteiger partial charge on any atom is 0.338 e. The molecule has 1 aromatic carbocycles. The van der Waals surface area contributed by atoms with Gasteiger partial charge in [0.2, 0.25) is 0 Å². The Hall–Kier alpha value is -2.61. The summed E-state index contributed by atoms with van der Waals surface area (Å²) in [7, 11) is 1.81. The molecule has 3 rings (SSSR count). The fraction of sp³-hybridized carbons (Fsp3) is 0.500. The number of hydrogen-bond donors (Lipinski definition) is 3. The van der Waals surface area contributed by atoms with Crippen molar-refractivity contribution in [2.45, 2.75) is 58.0 Å². The highest BCUT2D eigenvalue weighted by Crippen LogP contribution is 2.32. The van der Waals surface area contributed by atoms with Crippen molar-refractivity contribution in [3.05, 3.63) is 41.1 Å². The molecule has 1 fully saturated rings. The first-order valence-electron chi connectivity index (χ1n) is 10.5. The van der Waals surface area contributed by atoms with E-state index in [9.17, 15) is 9.59 Å². The number of urea groups is 1. The lowest BCUT2D eigenvalue weighted by atomic mass is 9.94. The number of nitrogens with zero attached hydrogens (tertiary/aromatic N) is 1. The van der Waals surface area contributed by atoms with Crippen LogP contribution in [0.5, 0.6) is 0 Å². The largest absolute Gasteiger partial charge is 0.463 e. The summed E-state index contributed by atoms with van der Waals surface area (Å²) in [6, 6.07) is 7.03. The van der Waals surface area contributed by atoms with E-state index in [2.05, 4.69) is 16.0 Å². The van der Waals surface area contributed by atoms with E-state index in [0.717, 1.165) is 36.9 Å². The number of hydrogen-bond acceptors (Lipinski definition) is 4. The highest BCUT2D eigenvalue weighted by atomic mass is 32.1. The number of thiocarbonyl (C=S) groups is 1. The normalized spacial score (nSPS) is 19.9. The highest BCUT2D eigenvalue weighted by Gasteiger charge is 2.33. The third kappa shape index (κ3) is 5.11. The molecule has 3 N–H and O–H groups in total. The second-order valence-corrected chi connectivity index (χ2v) is 8.11. The zero-order chi connectivity index (χ0) is 21.7. The number of carbonyl (C=O) groups excluding carboxylic acids is 2. The first kappa shape index (κ1) is 22.1. The molecule has 1 aromatic rings. The number of rotatable bonds is 5. The topological polar surface area (TPSA) is 82.7 Å². The van der Waals surface area contributed by atoms with Crippen molar-refractivity contribution in [2.24, 2.45) is 0 Å². The minimum Gasteiger partial charge on any atom is -0.463 e. The van der Waals surface area contributed by atoms with Crippen molar-refractivity contribution >= 4 is 35.0 Å². The minimum atomic E-state index is -0.448. The van der Waals surface area contributed by atoms with Crippen LogP contribution in [0, 0.1) is 0 Å². The van der Waals surface area contributed by atoms with Crippen LogP contribution in [0.1, 0.15) is 57.6 Å². The van der Waals surface area contributed by atoms with Crippen LogP contribution in [0.3, 0.4) is 0 Å². The van der Waals surface area contributed by atoms with Crippen LogP contribution in [-0.4, -0.2) is 41.7 Å². The molecule has 1 aliphatic carbocycles. The molecular formula is C22H30N4O3S. The van der Waals surface area contributed by atoms with Gasteiger partial charge in [-0.15, -0.1) is 0 Å².